The van der Waals surface area contributed by atoms with Crippen molar-refractivity contribution >= 4 is 17.5 Å². The normalized spacial score (nSPS) is 10.4. The van der Waals surface area contributed by atoms with Gasteiger partial charge in [0.2, 0.25) is 0 Å². The van der Waals surface area contributed by atoms with E-state index in [0.29, 0.717) is 18.2 Å². The van der Waals surface area contributed by atoms with Gasteiger partial charge in [0, 0.05) is 13.1 Å². The van der Waals surface area contributed by atoms with Crippen molar-refractivity contribution in [2.24, 2.45) is 7.05 Å². The molecule has 0 aliphatic rings. The highest BCUT2D eigenvalue weighted by molar-refractivity contribution is 5.88. The number of carbonyl (C=O) groups excluding carboxylic acids is 1. The van der Waals surface area contributed by atoms with Gasteiger partial charge in [-0.15, -0.1) is 0 Å². The van der Waals surface area contributed by atoms with E-state index < -0.39 is 5.97 Å². The number of anilines is 2. The van der Waals surface area contributed by atoms with Crippen LogP contribution in [0, 0.1) is 13.8 Å². The Hall–Kier alpha value is -2.44. The third-order valence-corrected chi connectivity index (χ3v) is 2.82. The molecular formula is C13H17N5O2. The summed E-state index contributed by atoms with van der Waals surface area (Å²) in [6.45, 7) is 5.73. The highest BCUT2D eigenvalue weighted by Gasteiger charge is 2.12. The van der Waals surface area contributed by atoms with Gasteiger partial charge in [0.15, 0.2) is 5.69 Å². The number of esters is 1. The number of rotatable bonds is 4. The maximum absolute atomic E-state index is 11.7. The molecule has 0 aliphatic carbocycles. The van der Waals surface area contributed by atoms with Crippen LogP contribution in [0.3, 0.4) is 0 Å². The van der Waals surface area contributed by atoms with E-state index >= 15 is 0 Å². The molecule has 2 aromatic heterocycles. The first-order chi connectivity index (χ1) is 9.51. The summed E-state index contributed by atoms with van der Waals surface area (Å²) in [7, 11) is 1.86. The fourth-order valence-electron chi connectivity index (χ4n) is 1.70. The van der Waals surface area contributed by atoms with Crippen molar-refractivity contribution in [2.75, 3.05) is 11.9 Å². The molecular weight excluding hydrogens is 258 g/mol. The van der Waals surface area contributed by atoms with Crippen molar-refractivity contribution in [3.05, 3.63) is 29.5 Å². The van der Waals surface area contributed by atoms with Gasteiger partial charge in [0.1, 0.15) is 11.6 Å². The van der Waals surface area contributed by atoms with Crippen LogP contribution >= 0.6 is 0 Å². The zero-order chi connectivity index (χ0) is 14.7. The molecule has 2 rings (SSSR count). The first kappa shape index (κ1) is 14.0. The van der Waals surface area contributed by atoms with Crippen LogP contribution in [0.5, 0.6) is 0 Å². The van der Waals surface area contributed by atoms with Gasteiger partial charge in [-0.05, 0) is 20.8 Å². The van der Waals surface area contributed by atoms with Crippen LogP contribution in [0.1, 0.15) is 28.9 Å². The maximum atomic E-state index is 11.7. The van der Waals surface area contributed by atoms with Crippen LogP contribution in [-0.2, 0) is 11.8 Å². The minimum atomic E-state index is -0.455. The molecule has 2 aromatic rings. The Balaban J connectivity index is 2.28. The molecule has 0 aromatic carbocycles. The van der Waals surface area contributed by atoms with Gasteiger partial charge in [0.05, 0.1) is 24.2 Å². The number of nitrogens with zero attached hydrogens (tertiary/aromatic N) is 4. The summed E-state index contributed by atoms with van der Waals surface area (Å²) in [6.07, 6.45) is 1.71. The predicted molar refractivity (Wildman–Crippen MR) is 74.0 cm³/mol. The summed E-state index contributed by atoms with van der Waals surface area (Å²) < 4.78 is 6.70. The third kappa shape index (κ3) is 2.93. The highest BCUT2D eigenvalue weighted by Crippen LogP contribution is 2.18. The first-order valence-electron chi connectivity index (χ1n) is 6.29. The largest absolute Gasteiger partial charge is 0.461 e. The molecule has 0 radical (unpaired) electrons. The lowest BCUT2D eigenvalue weighted by molar-refractivity contribution is 0.0519. The second kappa shape index (κ2) is 5.68. The van der Waals surface area contributed by atoms with Crippen molar-refractivity contribution in [3.63, 3.8) is 0 Å². The Morgan fingerprint density at radius 3 is 2.75 bits per heavy atom. The second-order valence-electron chi connectivity index (χ2n) is 4.30. The van der Waals surface area contributed by atoms with Crippen LogP contribution in [0.2, 0.25) is 0 Å². The number of aryl methyl sites for hydroxylation is 2. The van der Waals surface area contributed by atoms with Gasteiger partial charge < -0.3 is 10.1 Å². The van der Waals surface area contributed by atoms with Crippen LogP contribution in [-0.4, -0.2) is 32.3 Å². The molecule has 0 bridgehead atoms. The van der Waals surface area contributed by atoms with Gasteiger partial charge in [0.25, 0.3) is 0 Å². The molecule has 0 aliphatic heterocycles. The maximum Gasteiger partial charge on any atom is 0.357 e. The van der Waals surface area contributed by atoms with Gasteiger partial charge in [-0.1, -0.05) is 0 Å². The Bertz CT molecular complexity index is 636. The van der Waals surface area contributed by atoms with Crippen LogP contribution in [0.15, 0.2) is 12.3 Å². The zero-order valence-corrected chi connectivity index (χ0v) is 12.0. The van der Waals surface area contributed by atoms with E-state index in [1.807, 2.05) is 14.0 Å². The lowest BCUT2D eigenvalue weighted by atomic mass is 10.3. The van der Waals surface area contributed by atoms with Crippen LogP contribution < -0.4 is 5.32 Å². The number of carbonyl (C=O) groups is 1. The molecule has 0 saturated heterocycles. The van der Waals surface area contributed by atoms with Crippen molar-refractivity contribution in [1.29, 1.82) is 0 Å². The Labute approximate surface area is 117 Å². The van der Waals surface area contributed by atoms with E-state index in [0.717, 1.165) is 11.4 Å². The number of nitrogens with one attached hydrogen (secondary N) is 1. The van der Waals surface area contributed by atoms with E-state index in [2.05, 4.69) is 20.4 Å². The molecule has 7 nitrogen and oxygen atoms in total. The Kier molecular flexibility index (Phi) is 3.97. The zero-order valence-electron chi connectivity index (χ0n) is 12.0. The Morgan fingerprint density at radius 1 is 1.40 bits per heavy atom. The van der Waals surface area contributed by atoms with E-state index in [4.69, 9.17) is 4.74 Å². The summed E-state index contributed by atoms with van der Waals surface area (Å²) in [4.78, 5) is 20.0. The molecule has 106 valence electrons. The molecule has 0 fully saturated rings. The summed E-state index contributed by atoms with van der Waals surface area (Å²) in [5.41, 5.74) is 2.04. The average Bonchev–Trinajstić information content (AvgIpc) is 2.70. The van der Waals surface area contributed by atoms with E-state index in [1.165, 1.54) is 0 Å². The quantitative estimate of drug-likeness (QED) is 0.856. The topological polar surface area (TPSA) is 81.9 Å². The van der Waals surface area contributed by atoms with E-state index in [-0.39, 0.29) is 5.69 Å². The number of hydrogen-bond donors (Lipinski definition) is 1. The molecule has 2 heterocycles. The number of ether oxygens (including phenoxy) is 1. The summed E-state index contributed by atoms with van der Waals surface area (Å²) in [5.74, 6) is 0.584. The predicted octanol–water partition coefficient (Wildman–Crippen LogP) is 1.75. The molecule has 0 amide bonds. The summed E-state index contributed by atoms with van der Waals surface area (Å²) in [6, 6.07) is 1.57. The molecule has 0 unspecified atom stereocenters. The molecule has 0 saturated carbocycles. The third-order valence-electron chi connectivity index (χ3n) is 2.82. The van der Waals surface area contributed by atoms with E-state index in [1.54, 1.807) is 30.8 Å². The second-order valence-corrected chi connectivity index (χ2v) is 4.30. The van der Waals surface area contributed by atoms with Gasteiger partial charge in [-0.2, -0.15) is 5.10 Å². The SMILES string of the molecule is CCOC(=O)c1cc(Nc2cnn(C)c2C)nc(C)n1. The van der Waals surface area contributed by atoms with Crippen molar-refractivity contribution < 1.29 is 9.53 Å². The summed E-state index contributed by atoms with van der Waals surface area (Å²) >= 11 is 0. The van der Waals surface area contributed by atoms with E-state index in [9.17, 15) is 4.79 Å². The van der Waals surface area contributed by atoms with Gasteiger partial charge in [-0.25, -0.2) is 14.8 Å². The molecule has 20 heavy (non-hydrogen) atoms. The molecule has 7 heteroatoms. The lowest BCUT2D eigenvalue weighted by Crippen LogP contribution is -2.10. The standard InChI is InChI=1S/C13H17N5O2/c1-5-20-13(19)10-6-12(16-9(3)15-10)17-11-7-14-18(4)8(11)2/h6-7H,5H2,1-4H3,(H,15,16,17). The molecule has 0 spiro atoms. The van der Waals surface area contributed by atoms with Crippen molar-refractivity contribution in [3.8, 4) is 0 Å². The average molecular weight is 275 g/mol. The van der Waals surface area contributed by atoms with Crippen molar-refractivity contribution in [1.82, 2.24) is 19.7 Å². The minimum Gasteiger partial charge on any atom is -0.461 e. The number of hydrogen-bond acceptors (Lipinski definition) is 6. The van der Waals surface area contributed by atoms with Crippen molar-refractivity contribution in [2.45, 2.75) is 20.8 Å². The van der Waals surface area contributed by atoms with Gasteiger partial charge >= 0.3 is 5.97 Å². The van der Waals surface area contributed by atoms with Gasteiger partial charge in [-0.3, -0.25) is 4.68 Å². The monoisotopic (exact) mass is 275 g/mol. The van der Waals surface area contributed by atoms with Crippen LogP contribution in [0.4, 0.5) is 11.5 Å². The molecule has 0 atom stereocenters. The Morgan fingerprint density at radius 2 is 2.15 bits per heavy atom. The highest BCUT2D eigenvalue weighted by atomic mass is 16.5. The van der Waals surface area contributed by atoms with Crippen LogP contribution in [0.25, 0.3) is 0 Å². The summed E-state index contributed by atoms with van der Waals surface area (Å²) in [5, 5.41) is 7.27. The minimum absolute atomic E-state index is 0.239. The molecule has 1 N–H and O–H groups in total. The lowest BCUT2D eigenvalue weighted by Gasteiger charge is -2.07. The fourth-order valence-corrected chi connectivity index (χ4v) is 1.70. The number of aromatic nitrogens is 4. The first-order valence-corrected chi connectivity index (χ1v) is 6.29. The smallest absolute Gasteiger partial charge is 0.357 e. The fraction of sp³-hybridized carbons (Fsp3) is 0.385.